The zero-order chi connectivity index (χ0) is 17.8. The van der Waals surface area contributed by atoms with Crippen molar-refractivity contribution in [2.75, 3.05) is 7.11 Å². The van der Waals surface area contributed by atoms with E-state index in [4.69, 9.17) is 4.74 Å². The lowest BCUT2D eigenvalue weighted by molar-refractivity contribution is 0.0965. The van der Waals surface area contributed by atoms with E-state index in [1.54, 1.807) is 30.3 Å². The van der Waals surface area contributed by atoms with Crippen LogP contribution in [0.4, 0.5) is 0 Å². The molecule has 1 aromatic heterocycles. The molecule has 0 bridgehead atoms. The van der Waals surface area contributed by atoms with Gasteiger partial charge in [0.1, 0.15) is 12.3 Å². The largest absolute Gasteiger partial charge is 0.497 e. The number of carbonyl (C=O) groups excluding carboxylic acids is 1. The molecule has 3 rings (SSSR count). The summed E-state index contributed by atoms with van der Waals surface area (Å²) in [5.41, 5.74) is 1.65. The molecule has 1 heterocycles. The Labute approximate surface area is 153 Å². The standard InChI is InChI=1S/C19H15BrN2O3/c1-25-16-4-2-3-14(11-16)18(23)12-22-19(24)10-9-17(21-22)13-5-7-15(20)8-6-13/h2-11H,12H2,1H3. The summed E-state index contributed by atoms with van der Waals surface area (Å²) < 4.78 is 7.26. The summed E-state index contributed by atoms with van der Waals surface area (Å²) in [6.07, 6.45) is 0. The molecule has 0 fully saturated rings. The van der Waals surface area contributed by atoms with E-state index in [-0.39, 0.29) is 17.9 Å². The van der Waals surface area contributed by atoms with E-state index < -0.39 is 0 Å². The minimum atomic E-state index is -0.322. The fourth-order valence-corrected chi connectivity index (χ4v) is 2.62. The lowest BCUT2D eigenvalue weighted by Crippen LogP contribution is -2.26. The number of aromatic nitrogens is 2. The number of ketones is 1. The Hall–Kier alpha value is -2.73. The van der Waals surface area contributed by atoms with Crippen LogP contribution in [-0.4, -0.2) is 22.7 Å². The first-order valence-corrected chi connectivity index (χ1v) is 8.37. The van der Waals surface area contributed by atoms with E-state index in [0.29, 0.717) is 17.0 Å². The number of benzene rings is 2. The highest BCUT2D eigenvalue weighted by Crippen LogP contribution is 2.19. The second kappa shape index (κ2) is 7.44. The smallest absolute Gasteiger partial charge is 0.267 e. The van der Waals surface area contributed by atoms with Gasteiger partial charge in [-0.25, -0.2) is 4.68 Å². The molecule has 3 aromatic rings. The number of halogens is 1. The minimum absolute atomic E-state index is 0.129. The van der Waals surface area contributed by atoms with Gasteiger partial charge < -0.3 is 4.74 Å². The van der Waals surface area contributed by atoms with Gasteiger partial charge in [0, 0.05) is 21.7 Å². The molecule has 0 aliphatic rings. The summed E-state index contributed by atoms with van der Waals surface area (Å²) >= 11 is 3.38. The van der Waals surface area contributed by atoms with Crippen molar-refractivity contribution >= 4 is 21.7 Å². The maximum absolute atomic E-state index is 12.5. The molecule has 0 saturated carbocycles. The molecule has 2 aromatic carbocycles. The maximum Gasteiger partial charge on any atom is 0.267 e. The third kappa shape index (κ3) is 4.03. The molecular formula is C19H15BrN2O3. The first-order valence-electron chi connectivity index (χ1n) is 7.58. The van der Waals surface area contributed by atoms with Crippen LogP contribution < -0.4 is 10.3 Å². The van der Waals surface area contributed by atoms with Gasteiger partial charge in [-0.15, -0.1) is 0 Å². The summed E-state index contributed by atoms with van der Waals surface area (Å²) in [7, 11) is 1.54. The van der Waals surface area contributed by atoms with Crippen molar-refractivity contribution in [1.82, 2.24) is 9.78 Å². The van der Waals surface area contributed by atoms with E-state index in [0.717, 1.165) is 10.0 Å². The molecule has 0 radical (unpaired) electrons. The predicted octanol–water partition coefficient (Wildman–Crippen LogP) is 3.56. The second-order valence-electron chi connectivity index (χ2n) is 5.38. The van der Waals surface area contributed by atoms with Gasteiger partial charge in [0.15, 0.2) is 5.78 Å². The number of rotatable bonds is 5. The molecule has 25 heavy (non-hydrogen) atoms. The maximum atomic E-state index is 12.5. The van der Waals surface area contributed by atoms with E-state index >= 15 is 0 Å². The number of methoxy groups -OCH3 is 1. The van der Waals surface area contributed by atoms with Crippen molar-refractivity contribution in [2.24, 2.45) is 0 Å². The Kier molecular flexibility index (Phi) is 5.09. The van der Waals surface area contributed by atoms with Crippen molar-refractivity contribution in [3.63, 3.8) is 0 Å². The molecule has 6 heteroatoms. The lowest BCUT2D eigenvalue weighted by Gasteiger charge is -2.08. The molecule has 0 amide bonds. The number of hydrogen-bond donors (Lipinski definition) is 0. The van der Waals surface area contributed by atoms with Crippen LogP contribution in [0.15, 0.2) is 69.9 Å². The van der Waals surface area contributed by atoms with Crippen LogP contribution in [0.25, 0.3) is 11.3 Å². The van der Waals surface area contributed by atoms with Crippen molar-refractivity contribution in [3.05, 3.63) is 81.1 Å². The molecule has 0 aliphatic heterocycles. The van der Waals surface area contributed by atoms with Crippen LogP contribution in [0, 0.1) is 0 Å². The van der Waals surface area contributed by atoms with Crippen LogP contribution in [0.2, 0.25) is 0 Å². The van der Waals surface area contributed by atoms with Crippen LogP contribution in [0.3, 0.4) is 0 Å². The van der Waals surface area contributed by atoms with E-state index in [9.17, 15) is 9.59 Å². The Balaban J connectivity index is 1.89. The van der Waals surface area contributed by atoms with Gasteiger partial charge in [-0.05, 0) is 30.3 Å². The number of carbonyl (C=O) groups is 1. The van der Waals surface area contributed by atoms with Gasteiger partial charge in [0.2, 0.25) is 0 Å². The van der Waals surface area contributed by atoms with Crippen LogP contribution in [0.1, 0.15) is 10.4 Å². The average molecular weight is 399 g/mol. The Morgan fingerprint density at radius 1 is 1.12 bits per heavy atom. The minimum Gasteiger partial charge on any atom is -0.497 e. The highest BCUT2D eigenvalue weighted by molar-refractivity contribution is 9.10. The molecule has 0 unspecified atom stereocenters. The van der Waals surface area contributed by atoms with Gasteiger partial charge in [-0.3, -0.25) is 9.59 Å². The summed E-state index contributed by atoms with van der Waals surface area (Å²) in [4.78, 5) is 24.5. The highest BCUT2D eigenvalue weighted by atomic mass is 79.9. The summed E-state index contributed by atoms with van der Waals surface area (Å²) in [5, 5.41) is 4.32. The number of nitrogens with zero attached hydrogens (tertiary/aromatic N) is 2. The van der Waals surface area contributed by atoms with Crippen molar-refractivity contribution < 1.29 is 9.53 Å². The monoisotopic (exact) mass is 398 g/mol. The molecule has 0 saturated heterocycles. The molecule has 0 aliphatic carbocycles. The Morgan fingerprint density at radius 2 is 1.88 bits per heavy atom. The molecule has 0 N–H and O–H groups in total. The quantitative estimate of drug-likeness (QED) is 0.616. The second-order valence-corrected chi connectivity index (χ2v) is 6.29. The molecule has 5 nitrogen and oxygen atoms in total. The number of ether oxygens (including phenoxy) is 1. The van der Waals surface area contributed by atoms with E-state index in [2.05, 4.69) is 21.0 Å². The normalized spacial score (nSPS) is 10.5. The molecule has 0 atom stereocenters. The zero-order valence-electron chi connectivity index (χ0n) is 13.5. The van der Waals surface area contributed by atoms with Gasteiger partial charge >= 0.3 is 0 Å². The van der Waals surface area contributed by atoms with E-state index in [1.165, 1.54) is 17.9 Å². The zero-order valence-corrected chi connectivity index (χ0v) is 15.1. The Morgan fingerprint density at radius 3 is 2.60 bits per heavy atom. The fraction of sp³-hybridized carbons (Fsp3) is 0.105. The summed E-state index contributed by atoms with van der Waals surface area (Å²) in [6.45, 7) is -0.129. The van der Waals surface area contributed by atoms with Crippen molar-refractivity contribution in [3.8, 4) is 17.0 Å². The number of hydrogen-bond acceptors (Lipinski definition) is 4. The van der Waals surface area contributed by atoms with Gasteiger partial charge in [-0.1, -0.05) is 40.2 Å². The molecule has 0 spiro atoms. The highest BCUT2D eigenvalue weighted by Gasteiger charge is 2.11. The van der Waals surface area contributed by atoms with E-state index in [1.807, 2.05) is 24.3 Å². The van der Waals surface area contributed by atoms with Crippen molar-refractivity contribution in [2.45, 2.75) is 6.54 Å². The predicted molar refractivity (Wildman–Crippen MR) is 99.0 cm³/mol. The first kappa shape index (κ1) is 17.1. The van der Waals surface area contributed by atoms with Gasteiger partial charge in [0.25, 0.3) is 5.56 Å². The molecular weight excluding hydrogens is 384 g/mol. The SMILES string of the molecule is COc1cccc(C(=O)Cn2nc(-c3ccc(Br)cc3)ccc2=O)c1. The third-order valence-corrected chi connectivity index (χ3v) is 4.22. The van der Waals surface area contributed by atoms with Crippen LogP contribution >= 0.6 is 15.9 Å². The first-order chi connectivity index (χ1) is 12.1. The third-order valence-electron chi connectivity index (χ3n) is 3.69. The fourth-order valence-electron chi connectivity index (χ4n) is 2.36. The van der Waals surface area contributed by atoms with Gasteiger partial charge in [-0.2, -0.15) is 5.10 Å². The van der Waals surface area contributed by atoms with Crippen molar-refractivity contribution in [1.29, 1.82) is 0 Å². The topological polar surface area (TPSA) is 61.2 Å². The number of Topliss-reactive ketones (excluding diaryl/α,β-unsaturated/α-hetero) is 1. The molecule has 126 valence electrons. The summed E-state index contributed by atoms with van der Waals surface area (Å²) in [5.74, 6) is 0.385. The summed E-state index contributed by atoms with van der Waals surface area (Å²) in [6, 6.07) is 17.5. The average Bonchev–Trinajstić information content (AvgIpc) is 2.64. The van der Waals surface area contributed by atoms with Crippen LogP contribution in [0.5, 0.6) is 5.75 Å². The van der Waals surface area contributed by atoms with Crippen LogP contribution in [-0.2, 0) is 6.54 Å². The van der Waals surface area contributed by atoms with Gasteiger partial charge in [0.05, 0.1) is 12.8 Å². The Bertz CT molecular complexity index is 965. The lowest BCUT2D eigenvalue weighted by atomic mass is 10.1.